The molecule has 3 rings (SSSR count). The van der Waals surface area contributed by atoms with Crippen LogP contribution in [0.3, 0.4) is 0 Å². The zero-order valence-electron chi connectivity index (χ0n) is 11.1. The molecule has 0 bridgehead atoms. The molecule has 102 valence electrons. The number of fused-ring (bicyclic) bond motifs is 1. The Morgan fingerprint density at radius 1 is 1.45 bits per heavy atom. The number of hydrogen-bond donors (Lipinski definition) is 1. The van der Waals surface area contributed by atoms with E-state index in [1.165, 1.54) is 6.07 Å². The van der Waals surface area contributed by atoms with Crippen LogP contribution in [0.4, 0.5) is 0 Å². The molecule has 2 heterocycles. The van der Waals surface area contributed by atoms with Crippen molar-refractivity contribution in [3.63, 3.8) is 0 Å². The highest BCUT2D eigenvalue weighted by Crippen LogP contribution is 2.28. The number of rotatable bonds is 3. The number of oxazole rings is 1. The number of aryl methyl sites for hydroxylation is 2. The number of aromatic carboxylic acids is 1. The summed E-state index contributed by atoms with van der Waals surface area (Å²) in [7, 11) is 1.83. The van der Waals surface area contributed by atoms with Gasteiger partial charge >= 0.3 is 5.97 Å². The largest absolute Gasteiger partial charge is 0.478 e. The third-order valence-corrected chi connectivity index (χ3v) is 3.12. The minimum absolute atomic E-state index is 0.138. The monoisotopic (exact) mass is 271 g/mol. The predicted molar refractivity (Wildman–Crippen MR) is 72.5 cm³/mol. The van der Waals surface area contributed by atoms with Gasteiger partial charge in [0, 0.05) is 13.2 Å². The van der Waals surface area contributed by atoms with Crippen LogP contribution in [-0.2, 0) is 13.5 Å². The lowest BCUT2D eigenvalue weighted by molar-refractivity contribution is 0.0699. The molecule has 6 heteroatoms. The molecule has 0 unspecified atom stereocenters. The van der Waals surface area contributed by atoms with Crippen molar-refractivity contribution in [2.75, 3.05) is 0 Å². The molecule has 3 aromatic rings. The minimum atomic E-state index is -1.02. The van der Waals surface area contributed by atoms with E-state index in [9.17, 15) is 4.79 Å². The SMILES string of the molecule is CCc1nn(C)cc1-c1nc2c(C(=O)O)cccc2o1. The average Bonchev–Trinajstić information content (AvgIpc) is 3.00. The summed E-state index contributed by atoms with van der Waals surface area (Å²) in [4.78, 5) is 15.5. The van der Waals surface area contributed by atoms with Gasteiger partial charge in [-0.1, -0.05) is 13.0 Å². The Bertz CT molecular complexity index is 801. The molecule has 1 N–H and O–H groups in total. The molecule has 0 radical (unpaired) electrons. The number of para-hydroxylation sites is 1. The van der Waals surface area contributed by atoms with Crippen molar-refractivity contribution in [1.29, 1.82) is 0 Å². The molecule has 2 aromatic heterocycles. The van der Waals surface area contributed by atoms with Crippen LogP contribution in [0.5, 0.6) is 0 Å². The minimum Gasteiger partial charge on any atom is -0.478 e. The Balaban J connectivity index is 2.23. The average molecular weight is 271 g/mol. The Kier molecular flexibility index (Phi) is 2.78. The number of carboxylic acids is 1. The highest BCUT2D eigenvalue weighted by Gasteiger charge is 2.18. The summed E-state index contributed by atoms with van der Waals surface area (Å²) in [5, 5.41) is 13.5. The van der Waals surface area contributed by atoms with Gasteiger partial charge in [0.2, 0.25) is 5.89 Å². The maximum Gasteiger partial charge on any atom is 0.338 e. The number of carbonyl (C=O) groups is 1. The van der Waals surface area contributed by atoms with Gasteiger partial charge in [-0.05, 0) is 18.6 Å². The van der Waals surface area contributed by atoms with Crippen LogP contribution < -0.4 is 0 Å². The fourth-order valence-corrected chi connectivity index (χ4v) is 2.21. The molecular weight excluding hydrogens is 258 g/mol. The number of carboxylic acid groups (broad SMARTS) is 1. The van der Waals surface area contributed by atoms with E-state index >= 15 is 0 Å². The van der Waals surface area contributed by atoms with E-state index in [4.69, 9.17) is 9.52 Å². The lowest BCUT2D eigenvalue weighted by Crippen LogP contribution is -1.96. The predicted octanol–water partition coefficient (Wildman–Crippen LogP) is 2.49. The molecule has 0 aliphatic heterocycles. The molecule has 0 saturated heterocycles. The molecule has 0 saturated carbocycles. The first-order chi connectivity index (χ1) is 9.60. The zero-order valence-corrected chi connectivity index (χ0v) is 11.1. The smallest absolute Gasteiger partial charge is 0.338 e. The van der Waals surface area contributed by atoms with Gasteiger partial charge in [0.05, 0.1) is 16.8 Å². The lowest BCUT2D eigenvalue weighted by Gasteiger charge is -1.92. The standard InChI is InChI=1S/C14H13N3O3/c1-3-10-9(7-17(2)16-10)13-15-12-8(14(18)19)5-4-6-11(12)20-13/h4-7H,3H2,1-2H3,(H,18,19). The number of hydrogen-bond acceptors (Lipinski definition) is 4. The summed E-state index contributed by atoms with van der Waals surface area (Å²) >= 11 is 0. The topological polar surface area (TPSA) is 81.2 Å². The Morgan fingerprint density at radius 2 is 2.25 bits per heavy atom. The van der Waals surface area contributed by atoms with Crippen molar-refractivity contribution >= 4 is 17.1 Å². The third-order valence-electron chi connectivity index (χ3n) is 3.12. The van der Waals surface area contributed by atoms with Crippen LogP contribution >= 0.6 is 0 Å². The molecule has 0 amide bonds. The summed E-state index contributed by atoms with van der Waals surface area (Å²) in [5.41, 5.74) is 2.63. The fourth-order valence-electron chi connectivity index (χ4n) is 2.21. The van der Waals surface area contributed by atoms with Crippen molar-refractivity contribution in [3.8, 4) is 11.5 Å². The van der Waals surface area contributed by atoms with E-state index in [2.05, 4.69) is 10.1 Å². The van der Waals surface area contributed by atoms with Gasteiger partial charge in [0.15, 0.2) is 5.58 Å². The van der Waals surface area contributed by atoms with E-state index in [-0.39, 0.29) is 5.56 Å². The first-order valence-corrected chi connectivity index (χ1v) is 6.26. The van der Waals surface area contributed by atoms with E-state index in [0.29, 0.717) is 17.0 Å². The Hall–Kier alpha value is -2.63. The zero-order chi connectivity index (χ0) is 14.3. The Morgan fingerprint density at radius 3 is 2.95 bits per heavy atom. The molecule has 0 aliphatic carbocycles. The van der Waals surface area contributed by atoms with Crippen molar-refractivity contribution in [2.24, 2.45) is 7.05 Å². The maximum absolute atomic E-state index is 11.2. The highest BCUT2D eigenvalue weighted by molar-refractivity contribution is 6.00. The quantitative estimate of drug-likeness (QED) is 0.791. The van der Waals surface area contributed by atoms with E-state index < -0.39 is 5.97 Å². The second-order valence-electron chi connectivity index (χ2n) is 4.49. The normalized spacial score (nSPS) is 11.1. The first-order valence-electron chi connectivity index (χ1n) is 6.26. The number of nitrogens with zero attached hydrogens (tertiary/aromatic N) is 3. The van der Waals surface area contributed by atoms with Gasteiger partial charge in [0.1, 0.15) is 5.52 Å². The summed E-state index contributed by atoms with van der Waals surface area (Å²) in [6.07, 6.45) is 2.57. The van der Waals surface area contributed by atoms with Gasteiger partial charge < -0.3 is 9.52 Å². The van der Waals surface area contributed by atoms with Crippen molar-refractivity contribution < 1.29 is 14.3 Å². The molecule has 1 aromatic carbocycles. The second kappa shape index (κ2) is 4.48. The van der Waals surface area contributed by atoms with Gasteiger partial charge in [0.25, 0.3) is 0 Å². The number of benzene rings is 1. The summed E-state index contributed by atoms with van der Waals surface area (Å²) in [6, 6.07) is 4.87. The van der Waals surface area contributed by atoms with Crippen LogP contribution in [-0.4, -0.2) is 25.8 Å². The van der Waals surface area contributed by atoms with Crippen LogP contribution in [0.15, 0.2) is 28.8 Å². The number of aromatic nitrogens is 3. The summed E-state index contributed by atoms with van der Waals surface area (Å²) < 4.78 is 7.37. The third kappa shape index (κ3) is 1.85. The molecule has 0 fully saturated rings. The molecule has 0 atom stereocenters. The van der Waals surface area contributed by atoms with Crippen LogP contribution in [0, 0.1) is 0 Å². The van der Waals surface area contributed by atoms with Gasteiger partial charge in [-0.2, -0.15) is 5.10 Å². The Labute approximate surface area is 114 Å². The van der Waals surface area contributed by atoms with Crippen LogP contribution in [0.2, 0.25) is 0 Å². The summed E-state index contributed by atoms with van der Waals surface area (Å²) in [5.74, 6) is -0.615. The second-order valence-corrected chi connectivity index (χ2v) is 4.49. The van der Waals surface area contributed by atoms with Crippen molar-refractivity contribution in [3.05, 3.63) is 35.7 Å². The molecule has 20 heavy (non-hydrogen) atoms. The van der Waals surface area contributed by atoms with Crippen LogP contribution in [0.1, 0.15) is 23.0 Å². The molecule has 0 aliphatic rings. The van der Waals surface area contributed by atoms with E-state index in [0.717, 1.165) is 17.7 Å². The maximum atomic E-state index is 11.2. The highest BCUT2D eigenvalue weighted by atomic mass is 16.4. The van der Waals surface area contributed by atoms with Gasteiger partial charge in [-0.3, -0.25) is 4.68 Å². The molecule has 6 nitrogen and oxygen atoms in total. The van der Waals surface area contributed by atoms with Gasteiger partial charge in [-0.25, -0.2) is 9.78 Å². The fraction of sp³-hybridized carbons (Fsp3) is 0.214. The van der Waals surface area contributed by atoms with Crippen molar-refractivity contribution in [1.82, 2.24) is 14.8 Å². The van der Waals surface area contributed by atoms with Crippen LogP contribution in [0.25, 0.3) is 22.6 Å². The molecular formula is C14H13N3O3. The summed E-state index contributed by atoms with van der Waals surface area (Å²) in [6.45, 7) is 2.00. The molecule has 0 spiro atoms. The van der Waals surface area contributed by atoms with E-state index in [1.54, 1.807) is 16.8 Å². The lowest BCUT2D eigenvalue weighted by atomic mass is 10.2. The first kappa shape index (κ1) is 12.4. The van der Waals surface area contributed by atoms with E-state index in [1.807, 2.05) is 20.2 Å². The van der Waals surface area contributed by atoms with Gasteiger partial charge in [-0.15, -0.1) is 0 Å². The van der Waals surface area contributed by atoms with Crippen molar-refractivity contribution in [2.45, 2.75) is 13.3 Å².